The van der Waals surface area contributed by atoms with Crippen molar-refractivity contribution in [3.8, 4) is 0 Å². The first kappa shape index (κ1) is 14.6. The Bertz CT molecular complexity index is 508. The van der Waals surface area contributed by atoms with Gasteiger partial charge in [-0.2, -0.15) is 0 Å². The first-order chi connectivity index (χ1) is 10.1. The quantitative estimate of drug-likeness (QED) is 0.926. The lowest BCUT2D eigenvalue weighted by molar-refractivity contribution is -0.135. The van der Waals surface area contributed by atoms with Gasteiger partial charge < -0.3 is 10.2 Å². The van der Waals surface area contributed by atoms with Crippen molar-refractivity contribution in [1.29, 1.82) is 0 Å². The summed E-state index contributed by atoms with van der Waals surface area (Å²) in [6.07, 6.45) is 1.02. The zero-order valence-electron chi connectivity index (χ0n) is 13.3. The molecular weight excluding hydrogens is 260 g/mol. The van der Waals surface area contributed by atoms with Crippen LogP contribution in [0.1, 0.15) is 50.2 Å². The highest BCUT2D eigenvalue weighted by atomic mass is 16.2. The van der Waals surface area contributed by atoms with Crippen molar-refractivity contribution < 1.29 is 4.79 Å². The number of piperazine rings is 1. The summed E-state index contributed by atoms with van der Waals surface area (Å²) in [5.41, 5.74) is 2.71. The maximum atomic E-state index is 12.6. The minimum Gasteiger partial charge on any atom is -0.337 e. The number of nitrogens with one attached hydrogen (secondary N) is 1. The van der Waals surface area contributed by atoms with E-state index in [4.69, 9.17) is 0 Å². The molecule has 0 spiro atoms. The molecule has 3 rings (SSSR count). The molecule has 1 aromatic rings. The van der Waals surface area contributed by atoms with Crippen LogP contribution in [0.3, 0.4) is 0 Å². The maximum Gasteiger partial charge on any atom is 0.226 e. The van der Waals surface area contributed by atoms with Gasteiger partial charge >= 0.3 is 0 Å². The number of hydrogen-bond acceptors (Lipinski definition) is 2. The summed E-state index contributed by atoms with van der Waals surface area (Å²) in [4.78, 5) is 14.7. The van der Waals surface area contributed by atoms with Crippen LogP contribution in [0.25, 0.3) is 0 Å². The predicted molar refractivity (Wildman–Crippen MR) is 85.4 cm³/mol. The summed E-state index contributed by atoms with van der Waals surface area (Å²) in [7, 11) is 0. The fourth-order valence-corrected chi connectivity index (χ4v) is 3.35. The number of benzene rings is 1. The lowest BCUT2D eigenvalue weighted by Gasteiger charge is -2.34. The number of hydrogen-bond donors (Lipinski definition) is 1. The SMILES string of the molecule is CC(C)c1ccc(C2CC2C(=O)N2CCNC[C@H]2C)cc1. The van der Waals surface area contributed by atoms with Crippen LogP contribution in [0.15, 0.2) is 24.3 Å². The summed E-state index contributed by atoms with van der Waals surface area (Å²) >= 11 is 0. The van der Waals surface area contributed by atoms with Crippen molar-refractivity contribution in [2.24, 2.45) is 5.92 Å². The van der Waals surface area contributed by atoms with Gasteiger partial charge in [-0.1, -0.05) is 38.1 Å². The molecule has 0 aromatic heterocycles. The van der Waals surface area contributed by atoms with Crippen LogP contribution in [0.5, 0.6) is 0 Å². The van der Waals surface area contributed by atoms with E-state index in [0.29, 0.717) is 23.8 Å². The van der Waals surface area contributed by atoms with Gasteiger partial charge in [-0.3, -0.25) is 4.79 Å². The third-order valence-corrected chi connectivity index (χ3v) is 4.92. The fraction of sp³-hybridized carbons (Fsp3) is 0.611. The second kappa shape index (κ2) is 5.80. The Labute approximate surface area is 127 Å². The van der Waals surface area contributed by atoms with Crippen LogP contribution < -0.4 is 5.32 Å². The molecule has 0 radical (unpaired) electrons. The number of rotatable bonds is 3. The highest BCUT2D eigenvalue weighted by Gasteiger charge is 2.46. The van der Waals surface area contributed by atoms with Gasteiger partial charge in [0.1, 0.15) is 0 Å². The molecule has 1 aliphatic heterocycles. The van der Waals surface area contributed by atoms with Crippen LogP contribution in [-0.4, -0.2) is 36.5 Å². The topological polar surface area (TPSA) is 32.3 Å². The molecule has 3 heteroatoms. The van der Waals surface area contributed by atoms with Crippen molar-refractivity contribution in [3.05, 3.63) is 35.4 Å². The monoisotopic (exact) mass is 286 g/mol. The Balaban J connectivity index is 1.64. The van der Waals surface area contributed by atoms with E-state index in [1.807, 2.05) is 0 Å². The summed E-state index contributed by atoms with van der Waals surface area (Å²) in [5.74, 6) is 1.59. The van der Waals surface area contributed by atoms with Crippen LogP contribution in [-0.2, 0) is 4.79 Å². The molecule has 1 saturated heterocycles. The molecule has 21 heavy (non-hydrogen) atoms. The Morgan fingerprint density at radius 3 is 2.62 bits per heavy atom. The van der Waals surface area contributed by atoms with Crippen molar-refractivity contribution in [3.63, 3.8) is 0 Å². The average molecular weight is 286 g/mol. The van der Waals surface area contributed by atoms with Gasteiger partial charge in [-0.05, 0) is 36.3 Å². The molecule has 1 amide bonds. The van der Waals surface area contributed by atoms with Crippen molar-refractivity contribution >= 4 is 5.91 Å². The Morgan fingerprint density at radius 1 is 1.29 bits per heavy atom. The first-order valence-corrected chi connectivity index (χ1v) is 8.19. The number of carbonyl (C=O) groups is 1. The zero-order valence-corrected chi connectivity index (χ0v) is 13.3. The summed E-state index contributed by atoms with van der Waals surface area (Å²) < 4.78 is 0. The zero-order chi connectivity index (χ0) is 15.0. The molecule has 0 bridgehead atoms. The molecule has 1 aliphatic carbocycles. The van der Waals surface area contributed by atoms with Gasteiger partial charge in [0.25, 0.3) is 0 Å². The molecular formula is C18H26N2O. The molecule has 2 unspecified atom stereocenters. The van der Waals surface area contributed by atoms with Gasteiger partial charge in [0.15, 0.2) is 0 Å². The second-order valence-electron chi connectivity index (χ2n) is 6.85. The second-order valence-corrected chi connectivity index (χ2v) is 6.85. The Kier molecular flexibility index (Phi) is 4.03. The number of amides is 1. The smallest absolute Gasteiger partial charge is 0.226 e. The van der Waals surface area contributed by atoms with E-state index in [-0.39, 0.29) is 5.92 Å². The van der Waals surface area contributed by atoms with Crippen molar-refractivity contribution in [1.82, 2.24) is 10.2 Å². The molecule has 2 fully saturated rings. The van der Waals surface area contributed by atoms with Crippen LogP contribution in [0.4, 0.5) is 0 Å². The van der Waals surface area contributed by atoms with Gasteiger partial charge in [-0.25, -0.2) is 0 Å². The highest BCUT2D eigenvalue weighted by Crippen LogP contribution is 2.48. The van der Waals surface area contributed by atoms with Crippen molar-refractivity contribution in [2.75, 3.05) is 19.6 Å². The standard InChI is InChI=1S/C18H26N2O/c1-12(2)14-4-6-15(7-5-14)16-10-17(16)18(21)20-9-8-19-11-13(20)3/h4-7,12-13,16-17,19H,8-11H2,1-3H3/t13-,16?,17?/m1/s1. The molecule has 3 nitrogen and oxygen atoms in total. The van der Waals surface area contributed by atoms with Crippen LogP contribution in [0.2, 0.25) is 0 Å². The minimum absolute atomic E-state index is 0.218. The summed E-state index contributed by atoms with van der Waals surface area (Å²) in [6, 6.07) is 9.19. The first-order valence-electron chi connectivity index (χ1n) is 8.19. The van der Waals surface area contributed by atoms with E-state index >= 15 is 0 Å². The maximum absolute atomic E-state index is 12.6. The van der Waals surface area contributed by atoms with Crippen LogP contribution in [0, 0.1) is 5.92 Å². The van der Waals surface area contributed by atoms with Gasteiger partial charge in [0.2, 0.25) is 5.91 Å². The third kappa shape index (κ3) is 2.98. The molecule has 1 saturated carbocycles. The number of carbonyl (C=O) groups excluding carboxylic acids is 1. The lowest BCUT2D eigenvalue weighted by Crippen LogP contribution is -2.52. The van der Waals surface area contributed by atoms with E-state index < -0.39 is 0 Å². The van der Waals surface area contributed by atoms with Crippen molar-refractivity contribution in [2.45, 2.75) is 45.1 Å². The van der Waals surface area contributed by atoms with Gasteiger partial charge in [0, 0.05) is 31.6 Å². The Hall–Kier alpha value is -1.35. The molecule has 3 atom stereocenters. The minimum atomic E-state index is 0.218. The highest BCUT2D eigenvalue weighted by molar-refractivity contribution is 5.83. The van der Waals surface area contributed by atoms with E-state index in [0.717, 1.165) is 26.1 Å². The lowest BCUT2D eigenvalue weighted by atomic mass is 9.99. The van der Waals surface area contributed by atoms with E-state index in [2.05, 4.69) is 55.3 Å². The van der Waals surface area contributed by atoms with Crippen LogP contribution >= 0.6 is 0 Å². The molecule has 1 N–H and O–H groups in total. The third-order valence-electron chi connectivity index (χ3n) is 4.92. The summed E-state index contributed by atoms with van der Waals surface area (Å²) in [5, 5.41) is 3.34. The molecule has 114 valence electrons. The average Bonchev–Trinajstić information content (AvgIpc) is 3.27. The fourth-order valence-electron chi connectivity index (χ4n) is 3.35. The normalized spacial score (nSPS) is 28.8. The van der Waals surface area contributed by atoms with Gasteiger partial charge in [-0.15, -0.1) is 0 Å². The Morgan fingerprint density at radius 2 is 2.00 bits per heavy atom. The van der Waals surface area contributed by atoms with E-state index in [9.17, 15) is 4.79 Å². The number of nitrogens with zero attached hydrogens (tertiary/aromatic N) is 1. The summed E-state index contributed by atoms with van der Waals surface area (Å²) in [6.45, 7) is 9.27. The predicted octanol–water partition coefficient (Wildman–Crippen LogP) is 2.73. The molecule has 1 heterocycles. The van der Waals surface area contributed by atoms with E-state index in [1.165, 1.54) is 11.1 Å². The van der Waals surface area contributed by atoms with E-state index in [1.54, 1.807) is 0 Å². The molecule has 2 aliphatic rings. The largest absolute Gasteiger partial charge is 0.337 e. The molecule has 1 aromatic carbocycles. The van der Waals surface area contributed by atoms with Gasteiger partial charge in [0.05, 0.1) is 0 Å².